The number of rotatable bonds is 5. The zero-order chi connectivity index (χ0) is 13.7. The summed E-state index contributed by atoms with van der Waals surface area (Å²) >= 11 is 2.24. The molecule has 0 aliphatic rings. The van der Waals surface area contributed by atoms with Gasteiger partial charge in [0.1, 0.15) is 11.5 Å². The Bertz CT molecular complexity index is 521. The summed E-state index contributed by atoms with van der Waals surface area (Å²) in [7, 11) is 1.66. The molecule has 0 saturated heterocycles. The Balaban J connectivity index is 2.49. The lowest BCUT2D eigenvalue weighted by Crippen LogP contribution is -2.09. The Kier molecular flexibility index (Phi) is 5.03. The molecule has 1 N–H and O–H groups in total. The maximum absolute atomic E-state index is 5.19. The number of hydrogen-bond donors (Lipinski definition) is 1. The maximum Gasteiger partial charge on any atom is 0.180 e. The summed E-state index contributed by atoms with van der Waals surface area (Å²) in [5.41, 5.74) is 1.63. The van der Waals surface area contributed by atoms with Crippen LogP contribution in [-0.2, 0) is 11.3 Å². The largest absolute Gasteiger partial charge is 0.378 e. The van der Waals surface area contributed by atoms with E-state index < -0.39 is 0 Å². The molecule has 0 aliphatic heterocycles. The molecule has 0 unspecified atom stereocenters. The van der Waals surface area contributed by atoms with Crippen LogP contribution in [0.15, 0.2) is 24.4 Å². The third-order valence-corrected chi connectivity index (χ3v) is 3.57. The first kappa shape index (κ1) is 14.1. The highest BCUT2D eigenvalue weighted by atomic mass is 127. The van der Waals surface area contributed by atoms with Crippen molar-refractivity contribution in [2.45, 2.75) is 13.5 Å². The summed E-state index contributed by atoms with van der Waals surface area (Å²) in [5.74, 6) is 1.44. The molecule has 2 aromatic rings. The lowest BCUT2D eigenvalue weighted by atomic mass is 10.3. The van der Waals surface area contributed by atoms with Crippen molar-refractivity contribution in [2.75, 3.05) is 19.0 Å². The van der Waals surface area contributed by atoms with Gasteiger partial charge < -0.3 is 10.1 Å². The molecular formula is C13H15IN4O. The molecule has 100 valence electrons. The Morgan fingerprint density at radius 3 is 2.79 bits per heavy atom. The molecule has 0 atom stereocenters. The van der Waals surface area contributed by atoms with Crippen LogP contribution >= 0.6 is 22.6 Å². The van der Waals surface area contributed by atoms with Crippen LogP contribution in [0.1, 0.15) is 12.6 Å². The second-order valence-electron chi connectivity index (χ2n) is 3.83. The van der Waals surface area contributed by atoms with Gasteiger partial charge in [-0.15, -0.1) is 0 Å². The number of nitrogens with one attached hydrogen (secondary N) is 1. The highest BCUT2D eigenvalue weighted by molar-refractivity contribution is 14.1. The second kappa shape index (κ2) is 6.76. The molecule has 0 saturated carbocycles. The van der Waals surface area contributed by atoms with Gasteiger partial charge in [-0.25, -0.2) is 9.97 Å². The molecule has 0 radical (unpaired) electrons. The fourth-order valence-corrected chi connectivity index (χ4v) is 2.21. The van der Waals surface area contributed by atoms with Gasteiger partial charge in [0.15, 0.2) is 5.82 Å². The van der Waals surface area contributed by atoms with Crippen LogP contribution in [0.4, 0.5) is 5.82 Å². The quantitative estimate of drug-likeness (QED) is 0.821. The SMILES string of the molecule is CCNc1nc(-c2ccccn2)nc(COC)c1I. The fraction of sp³-hybridized carbons (Fsp3) is 0.308. The standard InChI is InChI=1S/C13H15IN4O/c1-3-15-13-11(14)10(8-19-2)17-12(18-13)9-6-4-5-7-16-9/h4-7H,3,8H2,1-2H3,(H,15,17,18). The molecule has 0 amide bonds. The van der Waals surface area contributed by atoms with Crippen molar-refractivity contribution in [3.05, 3.63) is 33.7 Å². The summed E-state index contributed by atoms with van der Waals surface area (Å²) in [6.07, 6.45) is 1.74. The van der Waals surface area contributed by atoms with Crippen LogP contribution < -0.4 is 5.32 Å². The number of halogens is 1. The number of aromatic nitrogens is 3. The molecule has 0 bridgehead atoms. The van der Waals surface area contributed by atoms with E-state index in [1.165, 1.54) is 0 Å². The summed E-state index contributed by atoms with van der Waals surface area (Å²) < 4.78 is 6.18. The van der Waals surface area contributed by atoms with Gasteiger partial charge in [0.2, 0.25) is 0 Å². The van der Waals surface area contributed by atoms with Gasteiger partial charge in [-0.2, -0.15) is 0 Å². The highest BCUT2D eigenvalue weighted by Crippen LogP contribution is 2.23. The molecule has 0 spiro atoms. The number of pyridine rings is 1. The van der Waals surface area contributed by atoms with Crippen molar-refractivity contribution in [1.29, 1.82) is 0 Å². The van der Waals surface area contributed by atoms with Gasteiger partial charge in [-0.3, -0.25) is 4.98 Å². The Morgan fingerprint density at radius 1 is 1.32 bits per heavy atom. The van der Waals surface area contributed by atoms with E-state index in [4.69, 9.17) is 4.74 Å². The molecular weight excluding hydrogens is 355 g/mol. The van der Waals surface area contributed by atoms with E-state index >= 15 is 0 Å². The maximum atomic E-state index is 5.19. The third kappa shape index (κ3) is 3.38. The lowest BCUT2D eigenvalue weighted by molar-refractivity contribution is 0.181. The lowest BCUT2D eigenvalue weighted by Gasteiger charge is -2.11. The summed E-state index contributed by atoms with van der Waals surface area (Å²) in [5, 5.41) is 3.24. The smallest absolute Gasteiger partial charge is 0.180 e. The van der Waals surface area contributed by atoms with E-state index in [0.29, 0.717) is 12.4 Å². The van der Waals surface area contributed by atoms with Crippen LogP contribution in [0.25, 0.3) is 11.5 Å². The van der Waals surface area contributed by atoms with Crippen molar-refractivity contribution in [3.63, 3.8) is 0 Å². The topological polar surface area (TPSA) is 59.9 Å². The van der Waals surface area contributed by atoms with Crippen LogP contribution in [-0.4, -0.2) is 28.6 Å². The zero-order valence-electron chi connectivity index (χ0n) is 10.9. The van der Waals surface area contributed by atoms with Gasteiger partial charge in [0.25, 0.3) is 0 Å². The minimum absolute atomic E-state index is 0.457. The zero-order valence-corrected chi connectivity index (χ0v) is 13.0. The van der Waals surface area contributed by atoms with E-state index in [1.54, 1.807) is 13.3 Å². The number of ether oxygens (including phenoxy) is 1. The molecule has 2 heterocycles. The molecule has 0 aliphatic carbocycles. The molecule has 2 aromatic heterocycles. The predicted molar refractivity (Wildman–Crippen MR) is 82.9 cm³/mol. The van der Waals surface area contributed by atoms with Gasteiger partial charge in [0.05, 0.1) is 15.9 Å². The van der Waals surface area contributed by atoms with Crippen LogP contribution in [0.5, 0.6) is 0 Å². The van der Waals surface area contributed by atoms with E-state index in [-0.39, 0.29) is 0 Å². The van der Waals surface area contributed by atoms with Gasteiger partial charge >= 0.3 is 0 Å². The first-order valence-electron chi connectivity index (χ1n) is 5.97. The van der Waals surface area contributed by atoms with E-state index in [2.05, 4.69) is 42.9 Å². The van der Waals surface area contributed by atoms with E-state index in [9.17, 15) is 0 Å². The van der Waals surface area contributed by atoms with Crippen LogP contribution in [0.3, 0.4) is 0 Å². The number of nitrogens with zero attached hydrogens (tertiary/aromatic N) is 3. The molecule has 5 nitrogen and oxygen atoms in total. The van der Waals surface area contributed by atoms with E-state index in [0.717, 1.165) is 27.3 Å². The number of methoxy groups -OCH3 is 1. The van der Waals surface area contributed by atoms with Gasteiger partial charge in [0, 0.05) is 19.9 Å². The van der Waals surface area contributed by atoms with E-state index in [1.807, 2.05) is 25.1 Å². The average Bonchev–Trinajstić information content (AvgIpc) is 2.44. The first-order valence-corrected chi connectivity index (χ1v) is 7.04. The first-order chi connectivity index (χ1) is 9.26. The highest BCUT2D eigenvalue weighted by Gasteiger charge is 2.13. The second-order valence-corrected chi connectivity index (χ2v) is 4.91. The summed E-state index contributed by atoms with van der Waals surface area (Å²) in [6, 6.07) is 5.69. The number of anilines is 1. The molecule has 6 heteroatoms. The molecule has 0 fully saturated rings. The Morgan fingerprint density at radius 2 is 2.16 bits per heavy atom. The summed E-state index contributed by atoms with van der Waals surface area (Å²) in [4.78, 5) is 13.3. The minimum atomic E-state index is 0.457. The normalized spacial score (nSPS) is 10.5. The summed E-state index contributed by atoms with van der Waals surface area (Å²) in [6.45, 7) is 3.30. The molecule has 2 rings (SSSR count). The van der Waals surface area contributed by atoms with Gasteiger partial charge in [-0.05, 0) is 41.6 Å². The average molecular weight is 370 g/mol. The van der Waals surface area contributed by atoms with Crippen molar-refractivity contribution >= 4 is 28.4 Å². The Labute approximate surface area is 126 Å². The third-order valence-electron chi connectivity index (χ3n) is 2.44. The predicted octanol–water partition coefficient (Wildman–Crippen LogP) is 2.72. The Hall–Kier alpha value is -1.28. The van der Waals surface area contributed by atoms with Crippen molar-refractivity contribution in [1.82, 2.24) is 15.0 Å². The van der Waals surface area contributed by atoms with Crippen LogP contribution in [0.2, 0.25) is 0 Å². The minimum Gasteiger partial charge on any atom is -0.378 e. The van der Waals surface area contributed by atoms with Crippen molar-refractivity contribution in [3.8, 4) is 11.5 Å². The van der Waals surface area contributed by atoms with Crippen molar-refractivity contribution < 1.29 is 4.74 Å². The van der Waals surface area contributed by atoms with Gasteiger partial charge in [-0.1, -0.05) is 6.07 Å². The number of hydrogen-bond acceptors (Lipinski definition) is 5. The van der Waals surface area contributed by atoms with Crippen LogP contribution in [0, 0.1) is 3.57 Å². The van der Waals surface area contributed by atoms with Crippen molar-refractivity contribution in [2.24, 2.45) is 0 Å². The molecule has 19 heavy (non-hydrogen) atoms. The monoisotopic (exact) mass is 370 g/mol. The molecule has 0 aromatic carbocycles. The fourth-order valence-electron chi connectivity index (χ4n) is 1.62.